The highest BCUT2D eigenvalue weighted by molar-refractivity contribution is 7.26. The molecule has 0 aliphatic rings. The Bertz CT molecular complexity index is 3240. The van der Waals surface area contributed by atoms with Crippen LogP contribution in [0, 0.1) is 0 Å². The molecule has 0 bridgehead atoms. The van der Waals surface area contributed by atoms with Crippen molar-refractivity contribution in [3.05, 3.63) is 188 Å². The summed E-state index contributed by atoms with van der Waals surface area (Å²) in [5.74, 6) is 1.81. The van der Waals surface area contributed by atoms with Gasteiger partial charge in [0.2, 0.25) is 0 Å². The summed E-state index contributed by atoms with van der Waals surface area (Å²) in [7, 11) is 0. The molecule has 3 aromatic heterocycles. The Kier molecular flexibility index (Phi) is 7.64. The van der Waals surface area contributed by atoms with E-state index in [2.05, 4.69) is 152 Å². The molecule has 11 rings (SSSR count). The molecule has 0 fully saturated rings. The zero-order valence-electron chi connectivity index (χ0n) is 30.1. The van der Waals surface area contributed by atoms with E-state index in [1.165, 1.54) is 37.7 Å². The first-order chi connectivity index (χ1) is 27.7. The fourth-order valence-corrected chi connectivity index (χ4v) is 9.18. The molecule has 5 heteroatoms. The van der Waals surface area contributed by atoms with Crippen LogP contribution < -0.4 is 0 Å². The van der Waals surface area contributed by atoms with Crippen LogP contribution in [0.4, 0.5) is 0 Å². The van der Waals surface area contributed by atoms with Crippen LogP contribution in [-0.2, 0) is 0 Å². The average molecular weight is 734 g/mol. The Labute approximate surface area is 327 Å². The highest BCUT2D eigenvalue weighted by atomic mass is 32.1. The summed E-state index contributed by atoms with van der Waals surface area (Å²) in [6.45, 7) is 0. The van der Waals surface area contributed by atoms with Crippen molar-refractivity contribution in [3.8, 4) is 67.5 Å². The summed E-state index contributed by atoms with van der Waals surface area (Å²) in [6, 6.07) is 65.6. The van der Waals surface area contributed by atoms with Gasteiger partial charge in [0.05, 0.1) is 5.56 Å². The van der Waals surface area contributed by atoms with Crippen molar-refractivity contribution in [3.63, 3.8) is 0 Å². The van der Waals surface area contributed by atoms with Crippen molar-refractivity contribution < 1.29 is 4.42 Å². The molecule has 0 N–H and O–H groups in total. The van der Waals surface area contributed by atoms with E-state index in [-0.39, 0.29) is 0 Å². The van der Waals surface area contributed by atoms with Crippen LogP contribution in [-0.4, -0.2) is 15.0 Å². The van der Waals surface area contributed by atoms with Gasteiger partial charge in [-0.1, -0.05) is 158 Å². The first-order valence-corrected chi connectivity index (χ1v) is 19.5. The van der Waals surface area contributed by atoms with Gasteiger partial charge in [0.1, 0.15) is 11.2 Å². The maximum Gasteiger partial charge on any atom is 0.167 e. The van der Waals surface area contributed by atoms with Gasteiger partial charge < -0.3 is 4.42 Å². The molecule has 262 valence electrons. The minimum Gasteiger partial charge on any atom is -0.455 e. The SMILES string of the molecule is c1ccc(-c2cccc(-c3ccc4c(c3)oc3c(-c5nc(-c6ccccc6)nc(-c6cccc7c6sc6c(-c8ccccc8)cccc67)n5)cccc34)c2)cc1. The Morgan fingerprint density at radius 2 is 0.821 bits per heavy atom. The second-order valence-electron chi connectivity index (χ2n) is 13.9. The van der Waals surface area contributed by atoms with E-state index >= 15 is 0 Å². The van der Waals surface area contributed by atoms with Gasteiger partial charge in [-0.25, -0.2) is 15.0 Å². The molecule has 8 aromatic carbocycles. The molecule has 56 heavy (non-hydrogen) atoms. The fraction of sp³-hybridized carbons (Fsp3) is 0. The normalized spacial score (nSPS) is 11.6. The maximum absolute atomic E-state index is 6.77. The van der Waals surface area contributed by atoms with E-state index in [1.54, 1.807) is 11.3 Å². The Hall–Kier alpha value is -7.21. The lowest BCUT2D eigenvalue weighted by Gasteiger charge is -2.09. The van der Waals surface area contributed by atoms with Crippen molar-refractivity contribution in [2.24, 2.45) is 0 Å². The smallest absolute Gasteiger partial charge is 0.167 e. The summed E-state index contributed by atoms with van der Waals surface area (Å²) >= 11 is 1.79. The number of nitrogens with zero attached hydrogens (tertiary/aromatic N) is 3. The lowest BCUT2D eigenvalue weighted by atomic mass is 9.98. The largest absolute Gasteiger partial charge is 0.455 e. The Balaban J connectivity index is 1.08. The summed E-state index contributed by atoms with van der Waals surface area (Å²) < 4.78 is 9.17. The van der Waals surface area contributed by atoms with Crippen molar-refractivity contribution in [1.29, 1.82) is 0 Å². The van der Waals surface area contributed by atoms with E-state index < -0.39 is 0 Å². The zero-order valence-corrected chi connectivity index (χ0v) is 30.9. The van der Waals surface area contributed by atoms with Gasteiger partial charge >= 0.3 is 0 Å². The van der Waals surface area contributed by atoms with E-state index in [1.807, 2.05) is 36.4 Å². The number of furan rings is 1. The number of para-hydroxylation sites is 1. The van der Waals surface area contributed by atoms with Gasteiger partial charge in [-0.2, -0.15) is 0 Å². The van der Waals surface area contributed by atoms with Crippen molar-refractivity contribution in [2.75, 3.05) is 0 Å². The summed E-state index contributed by atoms with van der Waals surface area (Å²) in [6.07, 6.45) is 0. The highest BCUT2D eigenvalue weighted by Crippen LogP contribution is 2.44. The quantitative estimate of drug-likeness (QED) is 0.171. The molecule has 0 unspecified atom stereocenters. The third-order valence-electron chi connectivity index (χ3n) is 10.6. The Morgan fingerprint density at radius 3 is 1.54 bits per heavy atom. The van der Waals surface area contributed by atoms with E-state index in [9.17, 15) is 0 Å². The summed E-state index contributed by atoms with van der Waals surface area (Å²) in [5.41, 5.74) is 11.3. The third kappa shape index (κ3) is 5.48. The topological polar surface area (TPSA) is 51.8 Å². The van der Waals surface area contributed by atoms with Gasteiger partial charge in [-0.05, 0) is 63.7 Å². The molecule has 0 saturated heterocycles. The molecule has 0 spiro atoms. The number of aromatic nitrogens is 3. The number of rotatable bonds is 6. The van der Waals surface area contributed by atoms with Crippen LogP contribution in [0.5, 0.6) is 0 Å². The zero-order chi connectivity index (χ0) is 37.0. The summed E-state index contributed by atoms with van der Waals surface area (Å²) in [5, 5.41) is 4.48. The monoisotopic (exact) mass is 733 g/mol. The summed E-state index contributed by atoms with van der Waals surface area (Å²) in [4.78, 5) is 15.5. The third-order valence-corrected chi connectivity index (χ3v) is 11.8. The molecule has 0 radical (unpaired) electrons. The number of thiophene rings is 1. The molecule has 0 aliphatic carbocycles. The van der Waals surface area contributed by atoms with E-state index in [4.69, 9.17) is 19.4 Å². The minimum absolute atomic E-state index is 0.567. The van der Waals surface area contributed by atoms with E-state index in [0.29, 0.717) is 17.5 Å². The Morgan fingerprint density at radius 1 is 0.321 bits per heavy atom. The minimum atomic E-state index is 0.567. The van der Waals surface area contributed by atoms with Crippen LogP contribution >= 0.6 is 11.3 Å². The standard InChI is InChI=1S/C51H31N3OS/c1-4-14-32(15-5-1)35-20-10-21-36(30-35)37-28-29-39-40-23-12-26-43(46(40)55-45(39)31-37)50-52-49(34-18-8-3-9-19-34)53-51(54-50)44-27-13-25-42-41-24-11-22-38(47(41)56-48(42)44)33-16-6-2-7-17-33/h1-31H. The average Bonchev–Trinajstić information content (AvgIpc) is 3.86. The van der Waals surface area contributed by atoms with Gasteiger partial charge in [0.15, 0.2) is 17.5 Å². The van der Waals surface area contributed by atoms with Gasteiger partial charge in [0, 0.05) is 42.1 Å². The van der Waals surface area contributed by atoms with Crippen LogP contribution in [0.15, 0.2) is 192 Å². The van der Waals surface area contributed by atoms with Crippen LogP contribution in [0.1, 0.15) is 0 Å². The van der Waals surface area contributed by atoms with Gasteiger partial charge in [0.25, 0.3) is 0 Å². The molecule has 0 amide bonds. The van der Waals surface area contributed by atoms with Crippen molar-refractivity contribution >= 4 is 53.4 Å². The highest BCUT2D eigenvalue weighted by Gasteiger charge is 2.20. The molecule has 11 aromatic rings. The first-order valence-electron chi connectivity index (χ1n) is 18.7. The number of fused-ring (bicyclic) bond motifs is 6. The molecule has 0 atom stereocenters. The molecular formula is C51H31N3OS. The second-order valence-corrected chi connectivity index (χ2v) is 15.0. The van der Waals surface area contributed by atoms with Crippen LogP contribution in [0.3, 0.4) is 0 Å². The molecule has 4 nitrogen and oxygen atoms in total. The predicted molar refractivity (Wildman–Crippen MR) is 233 cm³/mol. The second kappa shape index (κ2) is 13.3. The first kappa shape index (κ1) is 32.2. The van der Waals surface area contributed by atoms with Crippen molar-refractivity contribution in [2.45, 2.75) is 0 Å². The lowest BCUT2D eigenvalue weighted by molar-refractivity contribution is 0.669. The van der Waals surface area contributed by atoms with Crippen LogP contribution in [0.2, 0.25) is 0 Å². The number of hydrogen-bond acceptors (Lipinski definition) is 5. The van der Waals surface area contributed by atoms with E-state index in [0.717, 1.165) is 54.5 Å². The molecule has 3 heterocycles. The fourth-order valence-electron chi connectivity index (χ4n) is 7.84. The van der Waals surface area contributed by atoms with Crippen molar-refractivity contribution in [1.82, 2.24) is 15.0 Å². The van der Waals surface area contributed by atoms with Crippen LogP contribution in [0.25, 0.3) is 110 Å². The molecule has 0 saturated carbocycles. The molecule has 0 aliphatic heterocycles. The number of hydrogen-bond donors (Lipinski definition) is 0. The predicted octanol–water partition coefficient (Wildman–Crippen LogP) is 14.1. The number of benzene rings is 8. The maximum atomic E-state index is 6.77. The molecular weight excluding hydrogens is 703 g/mol. The van der Waals surface area contributed by atoms with Gasteiger partial charge in [-0.15, -0.1) is 11.3 Å². The lowest BCUT2D eigenvalue weighted by Crippen LogP contribution is -2.00. The van der Waals surface area contributed by atoms with Gasteiger partial charge in [-0.3, -0.25) is 0 Å².